The number of unbranched alkanes of at least 4 members (excludes halogenated alkanes) is 2. The topological polar surface area (TPSA) is 32.8 Å². The molecule has 0 radical (unpaired) electrons. The smallest absolute Gasteiger partial charge is 0.0842 e. The molecule has 14 heavy (non-hydrogen) atoms. The van der Waals surface area contributed by atoms with Gasteiger partial charge in [-0.1, -0.05) is 33.1 Å². The van der Waals surface area contributed by atoms with Crippen molar-refractivity contribution in [2.45, 2.75) is 77.1 Å². The minimum absolute atomic E-state index is 0.115. The molecule has 1 saturated heterocycles. The summed E-state index contributed by atoms with van der Waals surface area (Å²) >= 11 is 0. The number of hydrogen-bond acceptors (Lipinski definition) is 2. The van der Waals surface area contributed by atoms with Crippen LogP contribution >= 0.6 is 0 Å². The molecule has 0 aliphatic carbocycles. The van der Waals surface area contributed by atoms with Gasteiger partial charge in [0.15, 0.2) is 0 Å². The molecule has 0 saturated carbocycles. The maximum Gasteiger partial charge on any atom is 0.0842 e. The Labute approximate surface area is 87.7 Å². The largest absolute Gasteiger partial charge is 0.393 e. The number of rotatable bonds is 8. The van der Waals surface area contributed by atoms with Gasteiger partial charge in [0.05, 0.1) is 18.3 Å². The van der Waals surface area contributed by atoms with E-state index in [9.17, 15) is 5.11 Å². The molecule has 84 valence electrons. The van der Waals surface area contributed by atoms with Gasteiger partial charge in [-0.3, -0.25) is 0 Å². The van der Waals surface area contributed by atoms with E-state index in [1.165, 1.54) is 25.7 Å². The summed E-state index contributed by atoms with van der Waals surface area (Å²) in [5, 5.41) is 9.38. The molecule has 0 amide bonds. The van der Waals surface area contributed by atoms with E-state index in [-0.39, 0.29) is 6.10 Å². The second-order valence-corrected chi connectivity index (χ2v) is 4.35. The van der Waals surface area contributed by atoms with E-state index in [4.69, 9.17) is 4.74 Å². The van der Waals surface area contributed by atoms with Gasteiger partial charge in [-0.2, -0.15) is 0 Å². The van der Waals surface area contributed by atoms with Crippen LogP contribution in [-0.4, -0.2) is 23.4 Å². The summed E-state index contributed by atoms with van der Waals surface area (Å²) in [4.78, 5) is 0. The van der Waals surface area contributed by atoms with E-state index in [0.717, 1.165) is 19.3 Å². The van der Waals surface area contributed by atoms with Gasteiger partial charge < -0.3 is 9.84 Å². The van der Waals surface area contributed by atoms with Crippen LogP contribution in [0.25, 0.3) is 0 Å². The molecule has 2 heteroatoms. The molecule has 1 heterocycles. The van der Waals surface area contributed by atoms with Crippen LogP contribution in [0.5, 0.6) is 0 Å². The molecule has 1 fully saturated rings. The SMILES string of the molecule is CCCCCC1OC1CCC(O)CC. The summed E-state index contributed by atoms with van der Waals surface area (Å²) in [6.45, 7) is 4.25. The van der Waals surface area contributed by atoms with E-state index in [0.29, 0.717) is 12.2 Å². The zero-order valence-electron chi connectivity index (χ0n) is 9.54. The van der Waals surface area contributed by atoms with Crippen LogP contribution < -0.4 is 0 Å². The zero-order chi connectivity index (χ0) is 10.4. The highest BCUT2D eigenvalue weighted by molar-refractivity contribution is 4.84. The minimum atomic E-state index is -0.115. The standard InChI is InChI=1S/C12H24O2/c1-3-5-6-7-11-12(14-11)9-8-10(13)4-2/h10-13H,3-9H2,1-2H3. The van der Waals surface area contributed by atoms with Gasteiger partial charge in [0, 0.05) is 0 Å². The lowest BCUT2D eigenvalue weighted by Crippen LogP contribution is -2.06. The van der Waals surface area contributed by atoms with Crippen LogP contribution in [0.1, 0.15) is 58.8 Å². The Morgan fingerprint density at radius 3 is 2.50 bits per heavy atom. The van der Waals surface area contributed by atoms with Gasteiger partial charge >= 0.3 is 0 Å². The lowest BCUT2D eigenvalue weighted by Gasteiger charge is -2.04. The normalized spacial score (nSPS) is 27.6. The third-order valence-corrected chi connectivity index (χ3v) is 3.04. The first-order valence-electron chi connectivity index (χ1n) is 6.11. The number of aliphatic hydroxyl groups is 1. The average Bonchev–Trinajstić information content (AvgIpc) is 2.94. The Morgan fingerprint density at radius 1 is 1.14 bits per heavy atom. The maximum absolute atomic E-state index is 9.38. The Bertz CT molecular complexity index is 147. The van der Waals surface area contributed by atoms with Crippen LogP contribution in [-0.2, 0) is 4.74 Å². The van der Waals surface area contributed by atoms with Crippen molar-refractivity contribution in [2.75, 3.05) is 0 Å². The van der Waals surface area contributed by atoms with Gasteiger partial charge in [0.1, 0.15) is 0 Å². The molecule has 1 rings (SSSR count). The molecule has 0 aromatic heterocycles. The van der Waals surface area contributed by atoms with E-state index in [2.05, 4.69) is 6.92 Å². The van der Waals surface area contributed by atoms with Crippen molar-refractivity contribution in [1.82, 2.24) is 0 Å². The molecule has 0 bridgehead atoms. The van der Waals surface area contributed by atoms with Crippen molar-refractivity contribution in [3.63, 3.8) is 0 Å². The third kappa shape index (κ3) is 4.43. The van der Waals surface area contributed by atoms with Crippen LogP contribution in [0.2, 0.25) is 0 Å². The fourth-order valence-corrected chi connectivity index (χ4v) is 1.84. The Hall–Kier alpha value is -0.0800. The molecule has 1 aliphatic heterocycles. The average molecular weight is 200 g/mol. The molecular weight excluding hydrogens is 176 g/mol. The first kappa shape index (κ1) is 12.0. The Morgan fingerprint density at radius 2 is 1.86 bits per heavy atom. The lowest BCUT2D eigenvalue weighted by atomic mass is 10.1. The molecule has 3 atom stereocenters. The van der Waals surface area contributed by atoms with Crippen molar-refractivity contribution < 1.29 is 9.84 Å². The number of epoxide rings is 1. The van der Waals surface area contributed by atoms with Gasteiger partial charge in [0.2, 0.25) is 0 Å². The highest BCUT2D eigenvalue weighted by Crippen LogP contribution is 2.31. The van der Waals surface area contributed by atoms with Crippen LogP contribution in [0.4, 0.5) is 0 Å². The Kier molecular flexibility index (Phi) is 5.49. The fraction of sp³-hybridized carbons (Fsp3) is 1.00. The van der Waals surface area contributed by atoms with Gasteiger partial charge in [-0.25, -0.2) is 0 Å². The Balaban J connectivity index is 1.92. The summed E-state index contributed by atoms with van der Waals surface area (Å²) in [6.07, 6.45) is 8.82. The predicted molar refractivity (Wildman–Crippen MR) is 58.3 cm³/mol. The summed E-state index contributed by atoms with van der Waals surface area (Å²) in [6, 6.07) is 0. The predicted octanol–water partition coefficient (Wildman–Crippen LogP) is 2.89. The second-order valence-electron chi connectivity index (χ2n) is 4.35. The molecule has 0 aromatic carbocycles. The molecule has 0 aromatic rings. The number of aliphatic hydroxyl groups excluding tert-OH is 1. The molecule has 1 N–H and O–H groups in total. The van der Waals surface area contributed by atoms with E-state index in [1.54, 1.807) is 0 Å². The van der Waals surface area contributed by atoms with Gasteiger partial charge in [0.25, 0.3) is 0 Å². The van der Waals surface area contributed by atoms with Crippen molar-refractivity contribution in [3.8, 4) is 0 Å². The van der Waals surface area contributed by atoms with Crippen LogP contribution in [0.3, 0.4) is 0 Å². The fourth-order valence-electron chi connectivity index (χ4n) is 1.84. The molecular formula is C12H24O2. The summed E-state index contributed by atoms with van der Waals surface area (Å²) < 4.78 is 5.55. The summed E-state index contributed by atoms with van der Waals surface area (Å²) in [7, 11) is 0. The molecule has 0 spiro atoms. The zero-order valence-corrected chi connectivity index (χ0v) is 9.54. The second kappa shape index (κ2) is 6.41. The molecule has 2 nitrogen and oxygen atoms in total. The summed E-state index contributed by atoms with van der Waals surface area (Å²) in [5.41, 5.74) is 0. The maximum atomic E-state index is 9.38. The van der Waals surface area contributed by atoms with Crippen molar-refractivity contribution in [1.29, 1.82) is 0 Å². The number of hydrogen-bond donors (Lipinski definition) is 1. The first-order chi connectivity index (χ1) is 6.77. The minimum Gasteiger partial charge on any atom is -0.393 e. The third-order valence-electron chi connectivity index (χ3n) is 3.04. The lowest BCUT2D eigenvalue weighted by molar-refractivity contribution is 0.153. The van der Waals surface area contributed by atoms with E-state index < -0.39 is 0 Å². The van der Waals surface area contributed by atoms with E-state index in [1.807, 2.05) is 6.92 Å². The number of ether oxygens (including phenoxy) is 1. The highest BCUT2D eigenvalue weighted by Gasteiger charge is 2.37. The molecule has 1 aliphatic rings. The van der Waals surface area contributed by atoms with Gasteiger partial charge in [-0.15, -0.1) is 0 Å². The van der Waals surface area contributed by atoms with Crippen LogP contribution in [0.15, 0.2) is 0 Å². The van der Waals surface area contributed by atoms with Crippen molar-refractivity contribution >= 4 is 0 Å². The van der Waals surface area contributed by atoms with Gasteiger partial charge in [-0.05, 0) is 25.7 Å². The molecule has 3 unspecified atom stereocenters. The quantitative estimate of drug-likeness (QED) is 0.482. The first-order valence-corrected chi connectivity index (χ1v) is 6.11. The van der Waals surface area contributed by atoms with Crippen molar-refractivity contribution in [3.05, 3.63) is 0 Å². The van der Waals surface area contributed by atoms with Crippen LogP contribution in [0, 0.1) is 0 Å². The monoisotopic (exact) mass is 200 g/mol. The highest BCUT2D eigenvalue weighted by atomic mass is 16.6. The van der Waals surface area contributed by atoms with E-state index >= 15 is 0 Å². The van der Waals surface area contributed by atoms with Crippen molar-refractivity contribution in [2.24, 2.45) is 0 Å². The summed E-state index contributed by atoms with van der Waals surface area (Å²) in [5.74, 6) is 0.